The maximum atomic E-state index is 11.0. The van der Waals surface area contributed by atoms with Gasteiger partial charge in [-0.25, -0.2) is 4.98 Å². The summed E-state index contributed by atoms with van der Waals surface area (Å²) in [6.45, 7) is 3.34. The lowest BCUT2D eigenvalue weighted by molar-refractivity contribution is -0.385. The first kappa shape index (κ1) is 14.7. The summed E-state index contributed by atoms with van der Waals surface area (Å²) in [5.41, 5.74) is 0.362. The summed E-state index contributed by atoms with van der Waals surface area (Å²) in [4.78, 5) is 18.6. The Balaban J connectivity index is 2.48. The molecule has 8 heteroatoms. The van der Waals surface area contributed by atoms with Gasteiger partial charge in [0.05, 0.1) is 4.92 Å². The molecule has 0 radical (unpaired) electrons. The zero-order valence-electron chi connectivity index (χ0n) is 10.6. The highest BCUT2D eigenvalue weighted by atomic mass is 79.9. The predicted molar refractivity (Wildman–Crippen MR) is 77.4 cm³/mol. The van der Waals surface area contributed by atoms with Gasteiger partial charge in [0.25, 0.3) is 0 Å². The summed E-state index contributed by atoms with van der Waals surface area (Å²) in [7, 11) is 0. The lowest BCUT2D eigenvalue weighted by atomic mass is 10.3. The molecule has 0 spiro atoms. The SMILES string of the molecule is Cc1nc(Cl)c(C)c(Oc2ccc(Br)cc2[N+](=O)[O-])n1. The first-order valence-electron chi connectivity index (χ1n) is 5.51. The maximum absolute atomic E-state index is 11.0. The molecule has 0 aliphatic carbocycles. The third kappa shape index (κ3) is 3.05. The first-order chi connectivity index (χ1) is 9.38. The van der Waals surface area contributed by atoms with E-state index in [0.29, 0.717) is 15.9 Å². The number of nitro groups is 1. The van der Waals surface area contributed by atoms with E-state index < -0.39 is 4.92 Å². The minimum Gasteiger partial charge on any atom is -0.431 e. The van der Waals surface area contributed by atoms with Crippen molar-refractivity contribution in [1.29, 1.82) is 0 Å². The zero-order chi connectivity index (χ0) is 14.9. The van der Waals surface area contributed by atoms with Crippen LogP contribution in [-0.4, -0.2) is 14.9 Å². The fourth-order valence-corrected chi connectivity index (χ4v) is 2.05. The third-order valence-corrected chi connectivity index (χ3v) is 3.34. The van der Waals surface area contributed by atoms with Gasteiger partial charge in [0.15, 0.2) is 0 Å². The average Bonchev–Trinajstić information content (AvgIpc) is 2.37. The van der Waals surface area contributed by atoms with Crippen LogP contribution in [-0.2, 0) is 0 Å². The molecule has 6 nitrogen and oxygen atoms in total. The van der Waals surface area contributed by atoms with Crippen LogP contribution in [0.3, 0.4) is 0 Å². The largest absolute Gasteiger partial charge is 0.431 e. The van der Waals surface area contributed by atoms with E-state index in [1.807, 2.05) is 0 Å². The normalized spacial score (nSPS) is 10.4. The fourth-order valence-electron chi connectivity index (χ4n) is 1.49. The van der Waals surface area contributed by atoms with Gasteiger partial charge in [0.1, 0.15) is 11.0 Å². The number of hydrogen-bond acceptors (Lipinski definition) is 5. The van der Waals surface area contributed by atoms with Crippen molar-refractivity contribution in [3.63, 3.8) is 0 Å². The summed E-state index contributed by atoms with van der Waals surface area (Å²) in [5.74, 6) is 0.721. The van der Waals surface area contributed by atoms with Crippen LogP contribution in [0, 0.1) is 24.0 Å². The lowest BCUT2D eigenvalue weighted by Gasteiger charge is -2.09. The Kier molecular flexibility index (Phi) is 4.20. The standard InChI is InChI=1S/C12H9BrClN3O3/c1-6-11(14)15-7(2)16-12(6)20-10-4-3-8(13)5-9(10)17(18)19/h3-5H,1-2H3. The predicted octanol–water partition coefficient (Wildman–Crippen LogP) is 4.21. The Morgan fingerprint density at radius 2 is 2.05 bits per heavy atom. The van der Waals surface area contributed by atoms with E-state index in [1.54, 1.807) is 19.9 Å². The van der Waals surface area contributed by atoms with Crippen LogP contribution in [0.15, 0.2) is 22.7 Å². The second-order valence-corrected chi connectivity index (χ2v) is 5.24. The number of halogens is 2. The molecule has 2 rings (SSSR count). The number of rotatable bonds is 3. The Bertz CT molecular complexity index is 694. The molecule has 0 saturated heterocycles. The number of aryl methyl sites for hydroxylation is 1. The van der Waals surface area contributed by atoms with Gasteiger partial charge in [-0.2, -0.15) is 4.98 Å². The van der Waals surface area contributed by atoms with E-state index in [1.165, 1.54) is 12.1 Å². The van der Waals surface area contributed by atoms with Crippen molar-refractivity contribution in [3.05, 3.63) is 49.3 Å². The smallest absolute Gasteiger partial charge is 0.312 e. The van der Waals surface area contributed by atoms with E-state index in [9.17, 15) is 10.1 Å². The van der Waals surface area contributed by atoms with Gasteiger partial charge in [-0.15, -0.1) is 0 Å². The maximum Gasteiger partial charge on any atom is 0.312 e. The van der Waals surface area contributed by atoms with Crippen molar-refractivity contribution in [2.45, 2.75) is 13.8 Å². The second kappa shape index (κ2) is 5.72. The van der Waals surface area contributed by atoms with E-state index in [0.717, 1.165) is 0 Å². The van der Waals surface area contributed by atoms with Crippen molar-refractivity contribution in [1.82, 2.24) is 9.97 Å². The fraction of sp³-hybridized carbons (Fsp3) is 0.167. The number of nitro benzene ring substituents is 1. The summed E-state index contributed by atoms with van der Waals surface area (Å²) in [5, 5.41) is 11.3. The molecule has 0 atom stereocenters. The van der Waals surface area contributed by atoms with Crippen molar-refractivity contribution >= 4 is 33.2 Å². The summed E-state index contributed by atoms with van der Waals surface area (Å²) in [6.07, 6.45) is 0. The lowest BCUT2D eigenvalue weighted by Crippen LogP contribution is -1.99. The van der Waals surface area contributed by atoms with E-state index in [2.05, 4.69) is 25.9 Å². The molecule has 20 heavy (non-hydrogen) atoms. The van der Waals surface area contributed by atoms with Crippen LogP contribution in [0.25, 0.3) is 0 Å². The molecule has 0 aliphatic rings. The van der Waals surface area contributed by atoms with Crippen molar-refractivity contribution in [2.75, 3.05) is 0 Å². The Morgan fingerprint density at radius 3 is 2.70 bits per heavy atom. The molecule has 0 unspecified atom stereocenters. The summed E-state index contributed by atoms with van der Waals surface area (Å²) >= 11 is 9.12. The van der Waals surface area contributed by atoms with Crippen LogP contribution in [0.1, 0.15) is 11.4 Å². The van der Waals surface area contributed by atoms with Crippen LogP contribution in [0.4, 0.5) is 5.69 Å². The monoisotopic (exact) mass is 357 g/mol. The van der Waals surface area contributed by atoms with Gasteiger partial charge >= 0.3 is 5.69 Å². The first-order valence-corrected chi connectivity index (χ1v) is 6.68. The van der Waals surface area contributed by atoms with Gasteiger partial charge in [0, 0.05) is 16.1 Å². The van der Waals surface area contributed by atoms with Crippen LogP contribution in [0.5, 0.6) is 11.6 Å². The van der Waals surface area contributed by atoms with Gasteiger partial charge in [-0.1, -0.05) is 27.5 Å². The molecule has 0 amide bonds. The number of aromatic nitrogens is 2. The Labute approximate surface area is 128 Å². The van der Waals surface area contributed by atoms with Gasteiger partial charge in [-0.05, 0) is 26.0 Å². The summed E-state index contributed by atoms with van der Waals surface area (Å²) in [6, 6.07) is 4.50. The molecular formula is C12H9BrClN3O3. The second-order valence-electron chi connectivity index (χ2n) is 3.96. The van der Waals surface area contributed by atoms with Crippen LogP contribution < -0.4 is 4.74 Å². The highest BCUT2D eigenvalue weighted by Gasteiger charge is 2.18. The zero-order valence-corrected chi connectivity index (χ0v) is 12.9. The Hall–Kier alpha value is -1.73. The number of ether oxygens (including phenoxy) is 1. The average molecular weight is 359 g/mol. The van der Waals surface area contributed by atoms with Gasteiger partial charge in [-0.3, -0.25) is 10.1 Å². The number of hydrogen-bond donors (Lipinski definition) is 0. The molecule has 2 aromatic rings. The van der Waals surface area contributed by atoms with E-state index in [-0.39, 0.29) is 22.5 Å². The van der Waals surface area contributed by atoms with Gasteiger partial charge < -0.3 is 4.74 Å². The van der Waals surface area contributed by atoms with Gasteiger partial charge in [0.2, 0.25) is 11.6 Å². The molecule has 0 aliphatic heterocycles. The van der Waals surface area contributed by atoms with Crippen molar-refractivity contribution in [2.24, 2.45) is 0 Å². The van der Waals surface area contributed by atoms with Crippen molar-refractivity contribution < 1.29 is 9.66 Å². The highest BCUT2D eigenvalue weighted by Crippen LogP contribution is 2.35. The van der Waals surface area contributed by atoms with Crippen LogP contribution in [0.2, 0.25) is 5.15 Å². The molecule has 1 aromatic heterocycles. The molecule has 0 fully saturated rings. The molecule has 104 valence electrons. The minimum atomic E-state index is -0.523. The quantitative estimate of drug-likeness (QED) is 0.466. The van der Waals surface area contributed by atoms with E-state index >= 15 is 0 Å². The topological polar surface area (TPSA) is 78.2 Å². The number of nitrogens with zero attached hydrogens (tertiary/aromatic N) is 3. The van der Waals surface area contributed by atoms with Crippen LogP contribution >= 0.6 is 27.5 Å². The molecular weight excluding hydrogens is 350 g/mol. The summed E-state index contributed by atoms with van der Waals surface area (Å²) < 4.78 is 6.11. The van der Waals surface area contributed by atoms with Crippen molar-refractivity contribution in [3.8, 4) is 11.6 Å². The highest BCUT2D eigenvalue weighted by molar-refractivity contribution is 9.10. The number of benzene rings is 1. The van der Waals surface area contributed by atoms with E-state index in [4.69, 9.17) is 16.3 Å². The third-order valence-electron chi connectivity index (χ3n) is 2.48. The Morgan fingerprint density at radius 1 is 1.35 bits per heavy atom. The molecule has 1 aromatic carbocycles. The molecule has 0 N–H and O–H groups in total. The molecule has 0 saturated carbocycles. The molecule has 1 heterocycles. The molecule has 0 bridgehead atoms. The minimum absolute atomic E-state index is 0.0930.